The van der Waals surface area contributed by atoms with Crippen molar-refractivity contribution >= 4 is 17.7 Å². The highest BCUT2D eigenvalue weighted by molar-refractivity contribution is 8.02. The monoisotopic (exact) mass is 352 g/mol. The van der Waals surface area contributed by atoms with Crippen LogP contribution >= 0.6 is 11.8 Å². The van der Waals surface area contributed by atoms with Crippen LogP contribution in [0.2, 0.25) is 0 Å². The number of thioether (sulfide) groups is 1. The van der Waals surface area contributed by atoms with Crippen LogP contribution < -0.4 is 5.73 Å². The molecule has 126 valence electrons. The second-order valence-electron chi connectivity index (χ2n) is 5.43. The van der Waals surface area contributed by atoms with Crippen molar-refractivity contribution in [2.45, 2.75) is 25.0 Å². The number of nitrogen functional groups attached to an aromatic ring is 1. The Balaban J connectivity index is 1.82. The first-order valence-corrected chi connectivity index (χ1v) is 8.12. The normalized spacial score (nSPS) is 17.5. The Morgan fingerprint density at radius 1 is 1.29 bits per heavy atom. The average molecular weight is 352 g/mol. The van der Waals surface area contributed by atoms with Gasteiger partial charge in [0.2, 0.25) is 5.95 Å². The van der Waals surface area contributed by atoms with Gasteiger partial charge in [0.15, 0.2) is 5.37 Å². The third-order valence-corrected chi connectivity index (χ3v) is 4.78. The predicted octanol–water partition coefficient (Wildman–Crippen LogP) is 3.94. The van der Waals surface area contributed by atoms with Crippen LogP contribution in [0.4, 0.5) is 19.1 Å². The highest BCUT2D eigenvalue weighted by atomic mass is 32.2. The first-order valence-electron chi connectivity index (χ1n) is 7.17. The van der Waals surface area contributed by atoms with Crippen molar-refractivity contribution in [2.75, 3.05) is 5.73 Å². The molecule has 1 aliphatic heterocycles. The van der Waals surface area contributed by atoms with Crippen LogP contribution in [0.1, 0.15) is 11.1 Å². The fourth-order valence-electron chi connectivity index (χ4n) is 2.51. The number of anilines is 1. The minimum Gasteiger partial charge on any atom is -0.368 e. The Labute approximate surface area is 141 Å². The fraction of sp³-hybridized carbons (Fsp3) is 0.250. The van der Waals surface area contributed by atoms with Crippen LogP contribution in [0.5, 0.6) is 0 Å². The molecule has 0 radical (unpaired) electrons. The number of benzene rings is 1. The quantitative estimate of drug-likeness (QED) is 0.907. The minimum absolute atomic E-state index is 0.182. The van der Waals surface area contributed by atoms with Gasteiger partial charge in [-0.3, -0.25) is 0 Å². The van der Waals surface area contributed by atoms with E-state index in [2.05, 4.69) is 9.97 Å². The van der Waals surface area contributed by atoms with Crippen molar-refractivity contribution in [3.05, 3.63) is 53.2 Å². The zero-order valence-corrected chi connectivity index (χ0v) is 13.6. The highest BCUT2D eigenvalue weighted by Crippen LogP contribution is 2.39. The van der Waals surface area contributed by atoms with Gasteiger partial charge in [0.05, 0.1) is 5.69 Å². The van der Waals surface area contributed by atoms with Gasteiger partial charge in [0.1, 0.15) is 0 Å². The van der Waals surface area contributed by atoms with E-state index in [1.807, 2.05) is 25.1 Å². The Morgan fingerprint density at radius 3 is 2.75 bits per heavy atom. The van der Waals surface area contributed by atoms with E-state index in [1.165, 1.54) is 16.5 Å². The van der Waals surface area contributed by atoms with Crippen molar-refractivity contribution in [3.63, 3.8) is 0 Å². The Hall–Kier alpha value is -2.22. The van der Waals surface area contributed by atoms with Gasteiger partial charge in [-0.05, 0) is 35.6 Å². The molecule has 0 saturated heterocycles. The molecule has 3 rings (SSSR count). The third-order valence-electron chi connectivity index (χ3n) is 3.71. The molecule has 2 aromatic rings. The zero-order valence-electron chi connectivity index (χ0n) is 12.8. The van der Waals surface area contributed by atoms with Crippen LogP contribution in [0.15, 0.2) is 42.1 Å². The van der Waals surface area contributed by atoms with Gasteiger partial charge in [-0.1, -0.05) is 23.9 Å². The molecule has 0 aliphatic carbocycles. The van der Waals surface area contributed by atoms with Gasteiger partial charge in [0.25, 0.3) is 0 Å². The van der Waals surface area contributed by atoms with E-state index in [1.54, 1.807) is 12.3 Å². The summed E-state index contributed by atoms with van der Waals surface area (Å²) in [7, 11) is 0. The number of alkyl halides is 3. The van der Waals surface area contributed by atoms with Gasteiger partial charge in [-0.15, -0.1) is 0 Å². The molecule has 1 aliphatic rings. The summed E-state index contributed by atoms with van der Waals surface area (Å²) in [4.78, 5) is 9.30. The number of nitrogens with two attached hydrogens (primary N) is 1. The molecule has 1 atom stereocenters. The lowest BCUT2D eigenvalue weighted by Gasteiger charge is -2.27. The summed E-state index contributed by atoms with van der Waals surface area (Å²) in [5, 5.41) is -0.0517. The number of rotatable bonds is 3. The fourth-order valence-corrected chi connectivity index (χ4v) is 3.34. The van der Waals surface area contributed by atoms with Crippen molar-refractivity contribution in [1.82, 2.24) is 14.9 Å². The highest BCUT2D eigenvalue weighted by Gasteiger charge is 2.44. The van der Waals surface area contributed by atoms with Crippen LogP contribution in [-0.4, -0.2) is 26.4 Å². The van der Waals surface area contributed by atoms with Crippen molar-refractivity contribution in [2.24, 2.45) is 0 Å². The van der Waals surface area contributed by atoms with E-state index in [9.17, 15) is 13.2 Å². The molecule has 1 unspecified atom stereocenters. The molecule has 2 heterocycles. The molecule has 1 aromatic carbocycles. The molecule has 0 amide bonds. The minimum atomic E-state index is -4.26. The predicted molar refractivity (Wildman–Crippen MR) is 88.7 cm³/mol. The first-order chi connectivity index (χ1) is 11.3. The standard InChI is InChI=1S/C16H15F3N4S/c1-10-8-11(13-4-5-21-15(20)22-13)2-3-12(10)9-23-6-7-24-14(23)16(17,18)19/h2-8,14H,9H2,1H3,(H2,20,21,22). The summed E-state index contributed by atoms with van der Waals surface area (Å²) in [6.07, 6.45) is -1.21. The Kier molecular flexibility index (Phi) is 4.40. The lowest BCUT2D eigenvalue weighted by molar-refractivity contribution is -0.151. The van der Waals surface area contributed by atoms with Crippen LogP contribution in [0.25, 0.3) is 11.3 Å². The molecule has 24 heavy (non-hydrogen) atoms. The molecule has 0 fully saturated rings. The summed E-state index contributed by atoms with van der Waals surface area (Å²) in [6, 6.07) is 7.30. The summed E-state index contributed by atoms with van der Waals surface area (Å²) in [5.41, 5.74) is 8.85. The van der Waals surface area contributed by atoms with E-state index in [4.69, 9.17) is 5.73 Å². The molecule has 0 spiro atoms. The summed E-state index contributed by atoms with van der Waals surface area (Å²) in [5.74, 6) is 0.182. The maximum atomic E-state index is 13.0. The van der Waals surface area contributed by atoms with Crippen molar-refractivity contribution < 1.29 is 13.2 Å². The van der Waals surface area contributed by atoms with Gasteiger partial charge in [-0.2, -0.15) is 13.2 Å². The summed E-state index contributed by atoms with van der Waals surface area (Å²) in [6.45, 7) is 2.07. The van der Waals surface area contributed by atoms with E-state index in [-0.39, 0.29) is 12.5 Å². The number of nitrogens with zero attached hydrogens (tertiary/aromatic N) is 3. The van der Waals surface area contributed by atoms with Gasteiger partial charge >= 0.3 is 6.18 Å². The topological polar surface area (TPSA) is 55.0 Å². The number of halogens is 3. The zero-order chi connectivity index (χ0) is 17.3. The molecule has 0 bridgehead atoms. The van der Waals surface area contributed by atoms with Crippen LogP contribution in [0.3, 0.4) is 0 Å². The number of hydrogen-bond donors (Lipinski definition) is 1. The van der Waals surface area contributed by atoms with E-state index < -0.39 is 11.6 Å². The van der Waals surface area contributed by atoms with Crippen molar-refractivity contribution in [3.8, 4) is 11.3 Å². The Bertz CT molecular complexity index is 776. The molecular weight excluding hydrogens is 337 g/mol. The van der Waals surface area contributed by atoms with Gasteiger partial charge < -0.3 is 10.6 Å². The van der Waals surface area contributed by atoms with Gasteiger partial charge in [-0.25, -0.2) is 9.97 Å². The second kappa shape index (κ2) is 6.35. The van der Waals surface area contributed by atoms with E-state index in [0.717, 1.165) is 28.5 Å². The largest absolute Gasteiger partial charge is 0.418 e. The summed E-state index contributed by atoms with van der Waals surface area (Å²) >= 11 is 0.774. The third kappa shape index (κ3) is 3.48. The maximum absolute atomic E-state index is 13.0. The van der Waals surface area contributed by atoms with E-state index >= 15 is 0 Å². The first kappa shape index (κ1) is 16.6. The molecule has 8 heteroatoms. The maximum Gasteiger partial charge on any atom is 0.418 e. The second-order valence-corrected chi connectivity index (χ2v) is 6.42. The number of hydrogen-bond acceptors (Lipinski definition) is 5. The smallest absolute Gasteiger partial charge is 0.368 e. The average Bonchev–Trinajstić information content (AvgIpc) is 2.98. The lowest BCUT2D eigenvalue weighted by atomic mass is 10.0. The molecular formula is C16H15F3N4S. The van der Waals surface area contributed by atoms with Gasteiger partial charge in [0, 0.05) is 24.5 Å². The van der Waals surface area contributed by atoms with E-state index in [0.29, 0.717) is 5.69 Å². The Morgan fingerprint density at radius 2 is 2.08 bits per heavy atom. The summed E-state index contributed by atoms with van der Waals surface area (Å²) < 4.78 is 39.0. The molecule has 0 saturated carbocycles. The lowest BCUT2D eigenvalue weighted by Crippen LogP contribution is -2.37. The molecule has 2 N–H and O–H groups in total. The number of aryl methyl sites for hydroxylation is 1. The van der Waals surface area contributed by atoms with Crippen LogP contribution in [0, 0.1) is 6.92 Å². The van der Waals surface area contributed by atoms with Crippen LogP contribution in [-0.2, 0) is 6.54 Å². The van der Waals surface area contributed by atoms with Crippen molar-refractivity contribution in [1.29, 1.82) is 0 Å². The molecule has 4 nitrogen and oxygen atoms in total. The molecule has 1 aromatic heterocycles. The number of aromatic nitrogens is 2. The SMILES string of the molecule is Cc1cc(-c2ccnc(N)n2)ccc1CN1C=CSC1C(F)(F)F.